The van der Waals surface area contributed by atoms with Gasteiger partial charge in [0.15, 0.2) is 5.82 Å². The molecular weight excluding hydrogens is 292 g/mol. The summed E-state index contributed by atoms with van der Waals surface area (Å²) in [6.07, 6.45) is 0.852. The molecule has 0 aliphatic carbocycles. The van der Waals surface area contributed by atoms with E-state index in [1.807, 2.05) is 26.0 Å². The molecule has 2 aromatic rings. The number of rotatable bonds is 6. The predicted molar refractivity (Wildman–Crippen MR) is 79.0 cm³/mol. The molecule has 0 bridgehead atoms. The molecule has 0 aliphatic heterocycles. The zero-order chi connectivity index (χ0) is 15.4. The molecule has 7 heteroatoms. The van der Waals surface area contributed by atoms with Crippen LogP contribution in [0.2, 0.25) is 5.02 Å². The molecule has 0 fully saturated rings. The Labute approximate surface area is 127 Å². The minimum atomic E-state index is -0.810. The molecule has 1 atom stereocenters. The lowest BCUT2D eigenvalue weighted by molar-refractivity contribution is -0.138. The molecule has 2 rings (SSSR count). The third-order valence-corrected chi connectivity index (χ3v) is 3.52. The number of tetrazole rings is 1. The number of benzene rings is 1. The van der Waals surface area contributed by atoms with Crippen LogP contribution in [0.3, 0.4) is 0 Å². The van der Waals surface area contributed by atoms with Crippen LogP contribution in [0.15, 0.2) is 18.2 Å². The number of aromatic nitrogens is 4. The summed E-state index contributed by atoms with van der Waals surface area (Å²) < 4.78 is 1.64. The fraction of sp³-hybridized carbons (Fsp3) is 0.429. The molecule has 0 saturated carbocycles. The number of carboxylic acid groups (broad SMARTS) is 1. The van der Waals surface area contributed by atoms with Crippen LogP contribution in [-0.4, -0.2) is 31.3 Å². The molecule has 0 aliphatic rings. The van der Waals surface area contributed by atoms with Gasteiger partial charge in [-0.3, -0.25) is 4.79 Å². The normalized spacial score (nSPS) is 12.3. The predicted octanol–water partition coefficient (Wildman–Crippen LogP) is 2.80. The number of nitrogens with zero attached hydrogens (tertiary/aromatic N) is 4. The number of carboxylic acids is 1. The van der Waals surface area contributed by atoms with Crippen molar-refractivity contribution in [2.75, 3.05) is 0 Å². The van der Waals surface area contributed by atoms with E-state index in [4.69, 9.17) is 16.7 Å². The highest BCUT2D eigenvalue weighted by atomic mass is 35.5. The van der Waals surface area contributed by atoms with Crippen molar-refractivity contribution in [1.29, 1.82) is 0 Å². The van der Waals surface area contributed by atoms with Gasteiger partial charge in [0.2, 0.25) is 0 Å². The summed E-state index contributed by atoms with van der Waals surface area (Å²) in [6, 6.07) is 5.61. The lowest BCUT2D eigenvalue weighted by Gasteiger charge is -2.13. The summed E-state index contributed by atoms with van der Waals surface area (Å²) in [6.45, 7) is 4.38. The average molecular weight is 309 g/mol. The third-order valence-electron chi connectivity index (χ3n) is 3.30. The van der Waals surface area contributed by atoms with Crippen LogP contribution in [0, 0.1) is 12.8 Å². The zero-order valence-electron chi connectivity index (χ0n) is 12.0. The second-order valence-electron chi connectivity index (χ2n) is 5.07. The number of aryl methyl sites for hydroxylation is 1. The van der Waals surface area contributed by atoms with Gasteiger partial charge in [-0.15, -0.1) is 5.10 Å². The van der Waals surface area contributed by atoms with Crippen LogP contribution in [0.4, 0.5) is 0 Å². The highest BCUT2D eigenvalue weighted by Crippen LogP contribution is 2.23. The first-order valence-electron chi connectivity index (χ1n) is 6.75. The molecule has 1 unspecified atom stereocenters. The van der Waals surface area contributed by atoms with Gasteiger partial charge in [0.1, 0.15) is 0 Å². The van der Waals surface area contributed by atoms with Gasteiger partial charge in [-0.1, -0.05) is 24.9 Å². The van der Waals surface area contributed by atoms with Crippen LogP contribution in [0.1, 0.15) is 25.3 Å². The Morgan fingerprint density at radius 1 is 1.43 bits per heavy atom. The Morgan fingerprint density at radius 2 is 2.19 bits per heavy atom. The zero-order valence-corrected chi connectivity index (χ0v) is 12.7. The second kappa shape index (κ2) is 6.67. The summed E-state index contributed by atoms with van der Waals surface area (Å²) >= 11 is 6.07. The van der Waals surface area contributed by atoms with Crippen molar-refractivity contribution < 1.29 is 9.90 Å². The summed E-state index contributed by atoms with van der Waals surface area (Å²) in [5.41, 5.74) is 1.85. The van der Waals surface area contributed by atoms with E-state index in [2.05, 4.69) is 15.5 Å². The van der Waals surface area contributed by atoms with Crippen molar-refractivity contribution in [3.63, 3.8) is 0 Å². The molecule has 1 heterocycles. The Kier molecular flexibility index (Phi) is 4.90. The third kappa shape index (κ3) is 4.01. The van der Waals surface area contributed by atoms with Gasteiger partial charge in [0.25, 0.3) is 0 Å². The van der Waals surface area contributed by atoms with Crippen LogP contribution < -0.4 is 0 Å². The lowest BCUT2D eigenvalue weighted by atomic mass is 10.0. The molecule has 112 valence electrons. The molecule has 1 N–H and O–H groups in total. The topological polar surface area (TPSA) is 80.9 Å². The first-order valence-corrected chi connectivity index (χ1v) is 7.13. The summed E-state index contributed by atoms with van der Waals surface area (Å²) in [5.74, 6) is -0.218. The number of carbonyl (C=O) groups is 1. The molecular formula is C14H17ClN4O2. The van der Waals surface area contributed by atoms with E-state index in [0.717, 1.165) is 17.5 Å². The molecule has 1 aromatic heterocycles. The van der Waals surface area contributed by atoms with E-state index in [0.29, 0.717) is 17.4 Å². The van der Waals surface area contributed by atoms with E-state index in [1.165, 1.54) is 0 Å². The molecule has 0 amide bonds. The quantitative estimate of drug-likeness (QED) is 0.887. The monoisotopic (exact) mass is 308 g/mol. The maximum Gasteiger partial charge on any atom is 0.303 e. The van der Waals surface area contributed by atoms with Crippen molar-refractivity contribution in [3.05, 3.63) is 28.8 Å². The van der Waals surface area contributed by atoms with Crippen molar-refractivity contribution >= 4 is 17.6 Å². The largest absolute Gasteiger partial charge is 0.481 e. The highest BCUT2D eigenvalue weighted by Gasteiger charge is 2.16. The number of aliphatic carboxylic acids is 1. The van der Waals surface area contributed by atoms with Gasteiger partial charge in [-0.2, -0.15) is 0 Å². The summed E-state index contributed by atoms with van der Waals surface area (Å²) in [7, 11) is 0. The van der Waals surface area contributed by atoms with Crippen molar-refractivity contribution in [2.45, 2.75) is 33.2 Å². The first-order chi connectivity index (χ1) is 9.99. The SMILES string of the molecule is CCC(CC(=O)O)Cn1nnnc1-c1cc(C)cc(Cl)c1. The lowest BCUT2D eigenvalue weighted by Crippen LogP contribution is -2.16. The van der Waals surface area contributed by atoms with Gasteiger partial charge in [-0.25, -0.2) is 4.68 Å². The summed E-state index contributed by atoms with van der Waals surface area (Å²) in [4.78, 5) is 10.9. The van der Waals surface area contributed by atoms with Crippen LogP contribution >= 0.6 is 11.6 Å². The van der Waals surface area contributed by atoms with E-state index in [-0.39, 0.29) is 12.3 Å². The van der Waals surface area contributed by atoms with E-state index < -0.39 is 5.97 Å². The number of hydrogen-bond donors (Lipinski definition) is 1. The van der Waals surface area contributed by atoms with Crippen LogP contribution in [0.25, 0.3) is 11.4 Å². The van der Waals surface area contributed by atoms with Gasteiger partial charge >= 0.3 is 5.97 Å². The van der Waals surface area contributed by atoms with Gasteiger partial charge in [0.05, 0.1) is 0 Å². The average Bonchev–Trinajstić information content (AvgIpc) is 2.84. The summed E-state index contributed by atoms with van der Waals surface area (Å²) in [5, 5.41) is 21.2. The molecule has 1 aromatic carbocycles. The first kappa shape index (κ1) is 15.4. The smallest absolute Gasteiger partial charge is 0.303 e. The Hall–Kier alpha value is -1.95. The molecule has 6 nitrogen and oxygen atoms in total. The van der Waals surface area contributed by atoms with Gasteiger partial charge in [-0.05, 0) is 47.0 Å². The molecule has 0 saturated heterocycles. The van der Waals surface area contributed by atoms with E-state index in [1.54, 1.807) is 10.7 Å². The fourth-order valence-electron chi connectivity index (χ4n) is 2.23. The van der Waals surface area contributed by atoms with Gasteiger partial charge in [0, 0.05) is 23.6 Å². The van der Waals surface area contributed by atoms with Gasteiger partial charge < -0.3 is 5.11 Å². The van der Waals surface area contributed by atoms with Crippen molar-refractivity contribution in [3.8, 4) is 11.4 Å². The number of hydrogen-bond acceptors (Lipinski definition) is 4. The minimum Gasteiger partial charge on any atom is -0.481 e. The maximum absolute atomic E-state index is 10.9. The minimum absolute atomic E-state index is 0.00923. The van der Waals surface area contributed by atoms with Crippen molar-refractivity contribution in [1.82, 2.24) is 20.2 Å². The second-order valence-corrected chi connectivity index (χ2v) is 5.51. The maximum atomic E-state index is 10.9. The highest BCUT2D eigenvalue weighted by molar-refractivity contribution is 6.30. The molecule has 0 spiro atoms. The molecule has 21 heavy (non-hydrogen) atoms. The standard InChI is InChI=1S/C14H17ClN4O2/c1-3-10(6-13(20)21)8-19-14(16-17-18-19)11-4-9(2)5-12(15)7-11/h4-5,7,10H,3,6,8H2,1-2H3,(H,20,21). The Morgan fingerprint density at radius 3 is 2.81 bits per heavy atom. The van der Waals surface area contributed by atoms with Crippen LogP contribution in [0.5, 0.6) is 0 Å². The molecule has 0 radical (unpaired) electrons. The van der Waals surface area contributed by atoms with E-state index in [9.17, 15) is 4.79 Å². The van der Waals surface area contributed by atoms with Crippen LogP contribution in [-0.2, 0) is 11.3 Å². The Balaban J connectivity index is 2.27. The number of halogens is 1. The Bertz CT molecular complexity index is 621. The fourth-order valence-corrected chi connectivity index (χ4v) is 2.52. The van der Waals surface area contributed by atoms with Crippen molar-refractivity contribution in [2.24, 2.45) is 5.92 Å². The van der Waals surface area contributed by atoms with E-state index >= 15 is 0 Å².